The fourth-order valence-electron chi connectivity index (χ4n) is 6.67. The quantitative estimate of drug-likeness (QED) is 0.230. The first kappa shape index (κ1) is 36.7. The number of nitrogens with zero attached hydrogens (tertiary/aromatic N) is 3. The number of nitrogens with one attached hydrogen (secondary N) is 1. The highest BCUT2D eigenvalue weighted by Gasteiger charge is 2.38. The molecule has 2 heterocycles. The van der Waals surface area contributed by atoms with Crippen molar-refractivity contribution in [3.8, 4) is 0 Å². The van der Waals surface area contributed by atoms with Crippen molar-refractivity contribution >= 4 is 24.3 Å². The number of pyridine rings is 1. The second-order valence-corrected chi connectivity index (χ2v) is 13.9. The molecular formula is C36H52N4O6. The Balaban J connectivity index is 0.00000185. The molecule has 0 saturated heterocycles. The first-order valence-electron chi connectivity index (χ1n) is 16.5. The Morgan fingerprint density at radius 3 is 2.28 bits per heavy atom. The van der Waals surface area contributed by atoms with E-state index in [0.29, 0.717) is 5.92 Å². The zero-order chi connectivity index (χ0) is 33.9. The lowest BCUT2D eigenvalue weighted by Gasteiger charge is -2.40. The second-order valence-electron chi connectivity index (χ2n) is 13.9. The fraction of sp³-hybridized carbons (Fsp3) is 0.583. The maximum Gasteiger partial charge on any atom is 0.408 e. The van der Waals surface area contributed by atoms with Crippen molar-refractivity contribution in [2.24, 2.45) is 11.8 Å². The van der Waals surface area contributed by atoms with Crippen LogP contribution in [0.5, 0.6) is 0 Å². The summed E-state index contributed by atoms with van der Waals surface area (Å²) >= 11 is 0. The van der Waals surface area contributed by atoms with Crippen LogP contribution in [0.25, 0.3) is 0 Å². The number of amides is 2. The Morgan fingerprint density at radius 2 is 1.72 bits per heavy atom. The van der Waals surface area contributed by atoms with Gasteiger partial charge in [0.25, 0.3) is 6.47 Å². The van der Waals surface area contributed by atoms with E-state index in [1.54, 1.807) is 12.4 Å². The maximum atomic E-state index is 13.6. The second kappa shape index (κ2) is 17.2. The molecule has 1 atom stereocenters. The molecule has 1 aromatic carbocycles. The highest BCUT2D eigenvalue weighted by Crippen LogP contribution is 2.29. The molecule has 0 radical (unpaired) electrons. The van der Waals surface area contributed by atoms with E-state index in [4.69, 9.17) is 9.90 Å². The third kappa shape index (κ3) is 10.6. The molecule has 0 bridgehead atoms. The average molecular weight is 637 g/mol. The lowest BCUT2D eigenvalue weighted by atomic mass is 9.83. The first-order valence-corrected chi connectivity index (χ1v) is 16.5. The van der Waals surface area contributed by atoms with Crippen LogP contribution in [-0.2, 0) is 28.9 Å². The smallest absolute Gasteiger partial charge is 0.408 e. The van der Waals surface area contributed by atoms with Gasteiger partial charge in [0, 0.05) is 55.0 Å². The topological polar surface area (TPSA) is 140 Å². The number of hydrogen-bond donors (Lipinski definition) is 3. The van der Waals surface area contributed by atoms with Crippen LogP contribution in [-0.4, -0.2) is 86.5 Å². The molecule has 1 aliphatic carbocycles. The van der Waals surface area contributed by atoms with Crippen molar-refractivity contribution in [2.45, 2.75) is 104 Å². The third-order valence-electron chi connectivity index (χ3n) is 9.15. The Morgan fingerprint density at radius 1 is 1.07 bits per heavy atom. The van der Waals surface area contributed by atoms with Crippen molar-refractivity contribution in [2.75, 3.05) is 19.6 Å². The molecule has 4 rings (SSSR count). The van der Waals surface area contributed by atoms with E-state index in [0.717, 1.165) is 75.7 Å². The number of hydrogen-bond acceptors (Lipinski definition) is 6. The summed E-state index contributed by atoms with van der Waals surface area (Å²) in [4.78, 5) is 54.7. The standard InChI is InChI=1S/C35H50N4O4.CH2O2/c1-24(2)32(40)29-11-10-27-15-19-38(20-16-28(27)22-29)18-14-25-8-12-30(13-9-25)37-33(41)31(21-26-7-6-17-36-23-26)39(34(42)43)35(3,4)5;2-1-3/h6-7,10-11,17,22-25,30-31H,8-9,12-16,18-21H2,1-5H3,(H,37,41)(H,42,43);1H,(H,2,3)/t25?,30?,31-;/m1./s1. The minimum Gasteiger partial charge on any atom is -0.483 e. The zero-order valence-electron chi connectivity index (χ0n) is 28.1. The number of carboxylic acid groups (broad SMARTS) is 2. The van der Waals surface area contributed by atoms with Crippen LogP contribution in [0.4, 0.5) is 4.79 Å². The van der Waals surface area contributed by atoms with Gasteiger partial charge in [-0.15, -0.1) is 0 Å². The molecule has 1 aromatic heterocycles. The van der Waals surface area contributed by atoms with E-state index < -0.39 is 17.7 Å². The van der Waals surface area contributed by atoms with Crippen LogP contribution in [0.2, 0.25) is 0 Å². The first-order chi connectivity index (χ1) is 21.8. The Bertz CT molecular complexity index is 1300. The third-order valence-corrected chi connectivity index (χ3v) is 9.15. The number of ketones is 1. The molecule has 10 heteroatoms. The predicted molar refractivity (Wildman–Crippen MR) is 178 cm³/mol. The van der Waals surface area contributed by atoms with E-state index in [-0.39, 0.29) is 36.5 Å². The summed E-state index contributed by atoms with van der Waals surface area (Å²) in [5.74, 6) is 0.630. The predicted octanol–water partition coefficient (Wildman–Crippen LogP) is 5.48. The summed E-state index contributed by atoms with van der Waals surface area (Å²) in [5, 5.41) is 20.1. The highest BCUT2D eigenvalue weighted by molar-refractivity contribution is 5.97. The van der Waals surface area contributed by atoms with E-state index in [9.17, 15) is 19.5 Å². The average Bonchev–Trinajstić information content (AvgIpc) is 3.22. The van der Waals surface area contributed by atoms with Crippen LogP contribution < -0.4 is 5.32 Å². The number of carbonyl (C=O) groups is 4. The summed E-state index contributed by atoms with van der Waals surface area (Å²) in [7, 11) is 0. The van der Waals surface area contributed by atoms with E-state index >= 15 is 0 Å². The van der Waals surface area contributed by atoms with Crippen LogP contribution in [0, 0.1) is 11.8 Å². The van der Waals surface area contributed by atoms with Crippen LogP contribution in [0.1, 0.15) is 93.8 Å². The normalized spacial score (nSPS) is 19.1. The molecule has 2 aliphatic rings. The zero-order valence-corrected chi connectivity index (χ0v) is 28.1. The van der Waals surface area contributed by atoms with Gasteiger partial charge in [-0.1, -0.05) is 32.0 Å². The molecule has 46 heavy (non-hydrogen) atoms. The highest BCUT2D eigenvalue weighted by atomic mass is 16.4. The molecule has 1 aliphatic heterocycles. The summed E-state index contributed by atoms with van der Waals surface area (Å²) in [6.45, 7) is 12.3. The van der Waals surface area contributed by atoms with Crippen molar-refractivity contribution in [1.29, 1.82) is 0 Å². The molecule has 10 nitrogen and oxygen atoms in total. The summed E-state index contributed by atoms with van der Waals surface area (Å²) < 4.78 is 0. The summed E-state index contributed by atoms with van der Waals surface area (Å²) in [6.07, 6.45) is 9.67. The van der Waals surface area contributed by atoms with Gasteiger partial charge >= 0.3 is 6.09 Å². The SMILES string of the molecule is CC(C)C(=O)c1ccc2c(c1)CCN(CCC1CCC(NC(=O)[C@@H](Cc3cccnc3)N(C(=O)O)C(C)(C)C)CC1)CC2.O=CO. The van der Waals surface area contributed by atoms with Crippen molar-refractivity contribution in [3.63, 3.8) is 0 Å². The monoisotopic (exact) mass is 636 g/mol. The Hall–Kier alpha value is -3.79. The van der Waals surface area contributed by atoms with Gasteiger partial charge in [0.05, 0.1) is 0 Å². The molecular weight excluding hydrogens is 584 g/mol. The number of aromatic nitrogens is 1. The van der Waals surface area contributed by atoms with Gasteiger partial charge < -0.3 is 20.4 Å². The molecule has 252 valence electrons. The minimum atomic E-state index is -1.10. The van der Waals surface area contributed by atoms with E-state index in [1.165, 1.54) is 16.0 Å². The Labute approximate surface area is 273 Å². The van der Waals surface area contributed by atoms with Crippen LogP contribution in [0.3, 0.4) is 0 Å². The molecule has 1 saturated carbocycles. The van der Waals surface area contributed by atoms with Gasteiger partial charge in [0.15, 0.2) is 5.78 Å². The number of rotatable bonds is 10. The summed E-state index contributed by atoms with van der Waals surface area (Å²) in [6, 6.07) is 9.20. The number of benzene rings is 1. The van der Waals surface area contributed by atoms with E-state index in [1.807, 2.05) is 52.8 Å². The number of fused-ring (bicyclic) bond motifs is 1. The van der Waals surface area contributed by atoms with Crippen molar-refractivity contribution in [3.05, 3.63) is 65.0 Å². The van der Waals surface area contributed by atoms with Gasteiger partial charge in [-0.3, -0.25) is 24.3 Å². The maximum absolute atomic E-state index is 13.6. The lowest BCUT2D eigenvalue weighted by Crippen LogP contribution is -2.58. The van der Waals surface area contributed by atoms with Crippen molar-refractivity contribution in [1.82, 2.24) is 20.1 Å². The number of carbonyl (C=O) groups excluding carboxylic acids is 2. The van der Waals surface area contributed by atoms with Crippen LogP contribution in [0.15, 0.2) is 42.7 Å². The molecule has 0 spiro atoms. The fourth-order valence-corrected chi connectivity index (χ4v) is 6.67. The lowest BCUT2D eigenvalue weighted by molar-refractivity contribution is -0.128. The van der Waals surface area contributed by atoms with Gasteiger partial charge in [0.1, 0.15) is 6.04 Å². The van der Waals surface area contributed by atoms with Gasteiger partial charge in [0.2, 0.25) is 5.91 Å². The molecule has 3 N–H and O–H groups in total. The largest absolute Gasteiger partial charge is 0.483 e. The number of Topliss-reactive ketones (excluding diaryl/α,β-unsaturated/α-hetero) is 1. The summed E-state index contributed by atoms with van der Waals surface area (Å²) in [5.41, 5.74) is 3.64. The molecule has 2 amide bonds. The van der Waals surface area contributed by atoms with Crippen molar-refractivity contribution < 1.29 is 29.4 Å². The van der Waals surface area contributed by atoms with Gasteiger partial charge in [-0.25, -0.2) is 4.79 Å². The van der Waals surface area contributed by atoms with E-state index in [2.05, 4.69) is 27.3 Å². The van der Waals surface area contributed by atoms with Crippen LogP contribution >= 0.6 is 0 Å². The van der Waals surface area contributed by atoms with Gasteiger partial charge in [-0.2, -0.15) is 0 Å². The Kier molecular flexibility index (Phi) is 13.7. The molecule has 0 unspecified atom stereocenters. The molecule has 1 fully saturated rings. The van der Waals surface area contributed by atoms with Gasteiger partial charge in [-0.05, 0) is 107 Å². The minimum absolute atomic E-state index is 0.0138. The molecule has 2 aromatic rings.